The highest BCUT2D eigenvalue weighted by molar-refractivity contribution is 5.93. The molecule has 2 aromatic rings. The Morgan fingerprint density at radius 3 is 2.81 bits per heavy atom. The van der Waals surface area contributed by atoms with E-state index in [-0.39, 0.29) is 0 Å². The third-order valence-corrected chi connectivity index (χ3v) is 3.08. The maximum absolute atomic E-state index is 5.38. The first-order chi connectivity index (χ1) is 7.93. The summed E-state index contributed by atoms with van der Waals surface area (Å²) in [5.41, 5.74) is 1.22. The van der Waals surface area contributed by atoms with Crippen LogP contribution in [-0.2, 0) is 4.74 Å². The van der Waals surface area contributed by atoms with Gasteiger partial charge in [0, 0.05) is 17.7 Å². The molecule has 1 fully saturated rings. The predicted molar refractivity (Wildman–Crippen MR) is 66.8 cm³/mol. The summed E-state index contributed by atoms with van der Waals surface area (Å²) < 4.78 is 5.38. The first kappa shape index (κ1) is 9.67. The van der Waals surface area contributed by atoms with Crippen LogP contribution in [0, 0.1) is 0 Å². The molecule has 0 saturated carbocycles. The van der Waals surface area contributed by atoms with Crippen molar-refractivity contribution < 1.29 is 4.74 Å². The van der Waals surface area contributed by atoms with E-state index in [0.717, 1.165) is 19.6 Å². The van der Waals surface area contributed by atoms with Gasteiger partial charge in [0.1, 0.15) is 0 Å². The Kier molecular flexibility index (Phi) is 2.50. The highest BCUT2D eigenvalue weighted by Gasteiger charge is 2.15. The maximum Gasteiger partial charge on any atom is 0.0668 e. The molecule has 1 N–H and O–H groups in total. The van der Waals surface area contributed by atoms with Crippen molar-refractivity contribution in [3.63, 3.8) is 0 Å². The van der Waals surface area contributed by atoms with E-state index in [1.165, 1.54) is 16.5 Å². The van der Waals surface area contributed by atoms with Crippen LogP contribution in [0.4, 0.5) is 5.69 Å². The third kappa shape index (κ3) is 1.76. The Bertz CT molecular complexity index is 484. The van der Waals surface area contributed by atoms with E-state index in [1.807, 2.05) is 0 Å². The molecule has 1 heterocycles. The second-order valence-electron chi connectivity index (χ2n) is 4.23. The first-order valence-corrected chi connectivity index (χ1v) is 5.75. The highest BCUT2D eigenvalue weighted by atomic mass is 16.5. The summed E-state index contributed by atoms with van der Waals surface area (Å²) in [5.74, 6) is 0. The van der Waals surface area contributed by atoms with Gasteiger partial charge in [-0.15, -0.1) is 0 Å². The second kappa shape index (κ2) is 4.14. The molecule has 2 heteroatoms. The number of hydrogen-bond donors (Lipinski definition) is 1. The van der Waals surface area contributed by atoms with Crippen LogP contribution in [0.1, 0.15) is 6.42 Å². The van der Waals surface area contributed by atoms with Crippen molar-refractivity contribution in [1.29, 1.82) is 0 Å². The molecule has 0 aromatic heterocycles. The van der Waals surface area contributed by atoms with Gasteiger partial charge in [0.15, 0.2) is 0 Å². The average Bonchev–Trinajstić information content (AvgIpc) is 2.82. The molecular formula is C14H15NO. The first-order valence-electron chi connectivity index (χ1n) is 5.75. The minimum absolute atomic E-state index is 0.464. The zero-order valence-electron chi connectivity index (χ0n) is 9.15. The van der Waals surface area contributed by atoms with Gasteiger partial charge < -0.3 is 10.1 Å². The van der Waals surface area contributed by atoms with Crippen LogP contribution in [0.3, 0.4) is 0 Å². The number of ether oxygens (including phenoxy) is 1. The fraction of sp³-hybridized carbons (Fsp3) is 0.286. The van der Waals surface area contributed by atoms with E-state index >= 15 is 0 Å². The maximum atomic E-state index is 5.38. The molecule has 0 aliphatic carbocycles. The normalized spacial score (nSPS) is 20.1. The number of anilines is 1. The van der Waals surface area contributed by atoms with Gasteiger partial charge in [0.25, 0.3) is 0 Å². The Hall–Kier alpha value is -1.54. The number of hydrogen-bond acceptors (Lipinski definition) is 2. The molecule has 0 bridgehead atoms. The third-order valence-electron chi connectivity index (χ3n) is 3.08. The van der Waals surface area contributed by atoms with Crippen molar-refractivity contribution in [1.82, 2.24) is 0 Å². The van der Waals surface area contributed by atoms with Gasteiger partial charge in [0.05, 0.1) is 12.6 Å². The molecule has 1 unspecified atom stereocenters. The summed E-state index contributed by atoms with van der Waals surface area (Å²) >= 11 is 0. The lowest BCUT2D eigenvalue weighted by Gasteiger charge is -2.14. The van der Waals surface area contributed by atoms with Crippen molar-refractivity contribution in [2.75, 3.05) is 18.5 Å². The fourth-order valence-corrected chi connectivity index (χ4v) is 2.22. The molecule has 1 atom stereocenters. The van der Waals surface area contributed by atoms with E-state index in [4.69, 9.17) is 4.74 Å². The Morgan fingerprint density at radius 1 is 1.06 bits per heavy atom. The van der Waals surface area contributed by atoms with Crippen molar-refractivity contribution >= 4 is 16.5 Å². The summed E-state index contributed by atoms with van der Waals surface area (Å²) in [7, 11) is 0. The van der Waals surface area contributed by atoms with Crippen LogP contribution in [0.2, 0.25) is 0 Å². The van der Waals surface area contributed by atoms with E-state index in [2.05, 4.69) is 47.8 Å². The van der Waals surface area contributed by atoms with Gasteiger partial charge >= 0.3 is 0 Å². The van der Waals surface area contributed by atoms with Gasteiger partial charge in [-0.25, -0.2) is 0 Å². The van der Waals surface area contributed by atoms with Gasteiger partial charge in [0.2, 0.25) is 0 Å². The van der Waals surface area contributed by atoms with E-state index in [9.17, 15) is 0 Å². The average molecular weight is 213 g/mol. The zero-order valence-corrected chi connectivity index (χ0v) is 9.15. The molecule has 0 radical (unpaired) electrons. The quantitative estimate of drug-likeness (QED) is 0.828. The molecule has 0 amide bonds. The predicted octanol–water partition coefficient (Wildman–Crippen LogP) is 3.04. The monoisotopic (exact) mass is 213 g/mol. The van der Waals surface area contributed by atoms with Crippen LogP contribution in [-0.4, -0.2) is 19.3 Å². The summed E-state index contributed by atoms with van der Waals surface area (Å²) in [4.78, 5) is 0. The SMILES string of the molecule is c1ccc2c(NC3CCOC3)cccc2c1. The second-order valence-corrected chi connectivity index (χ2v) is 4.23. The number of rotatable bonds is 2. The van der Waals surface area contributed by atoms with Gasteiger partial charge in [-0.2, -0.15) is 0 Å². The molecule has 3 rings (SSSR count). The van der Waals surface area contributed by atoms with Gasteiger partial charge in [-0.1, -0.05) is 36.4 Å². The number of nitrogens with one attached hydrogen (secondary N) is 1. The fourth-order valence-electron chi connectivity index (χ4n) is 2.22. The van der Waals surface area contributed by atoms with Crippen LogP contribution < -0.4 is 5.32 Å². The molecule has 1 aliphatic heterocycles. The Morgan fingerprint density at radius 2 is 1.94 bits per heavy atom. The van der Waals surface area contributed by atoms with Crippen LogP contribution in [0.25, 0.3) is 10.8 Å². The lowest BCUT2D eigenvalue weighted by atomic mass is 10.1. The molecule has 1 saturated heterocycles. The van der Waals surface area contributed by atoms with Crippen LogP contribution >= 0.6 is 0 Å². The highest BCUT2D eigenvalue weighted by Crippen LogP contribution is 2.24. The minimum atomic E-state index is 0.464. The van der Waals surface area contributed by atoms with E-state index < -0.39 is 0 Å². The van der Waals surface area contributed by atoms with Crippen LogP contribution in [0.5, 0.6) is 0 Å². The van der Waals surface area contributed by atoms with Crippen molar-refractivity contribution in [2.24, 2.45) is 0 Å². The minimum Gasteiger partial charge on any atom is -0.379 e. The Labute approximate surface area is 95.2 Å². The zero-order chi connectivity index (χ0) is 10.8. The largest absolute Gasteiger partial charge is 0.379 e. The van der Waals surface area contributed by atoms with Gasteiger partial charge in [-0.3, -0.25) is 0 Å². The van der Waals surface area contributed by atoms with Crippen molar-refractivity contribution in [3.05, 3.63) is 42.5 Å². The summed E-state index contributed by atoms with van der Waals surface area (Å²) in [6.07, 6.45) is 1.10. The number of benzene rings is 2. The topological polar surface area (TPSA) is 21.3 Å². The van der Waals surface area contributed by atoms with E-state index in [1.54, 1.807) is 0 Å². The molecule has 82 valence electrons. The van der Waals surface area contributed by atoms with E-state index in [0.29, 0.717) is 6.04 Å². The molecule has 0 spiro atoms. The molecule has 1 aliphatic rings. The van der Waals surface area contributed by atoms with Crippen molar-refractivity contribution in [2.45, 2.75) is 12.5 Å². The lowest BCUT2D eigenvalue weighted by molar-refractivity contribution is 0.195. The summed E-state index contributed by atoms with van der Waals surface area (Å²) in [5, 5.41) is 6.13. The van der Waals surface area contributed by atoms with Crippen molar-refractivity contribution in [3.8, 4) is 0 Å². The summed E-state index contributed by atoms with van der Waals surface area (Å²) in [6.45, 7) is 1.70. The smallest absolute Gasteiger partial charge is 0.0668 e. The lowest BCUT2D eigenvalue weighted by Crippen LogP contribution is -2.18. The Balaban J connectivity index is 1.96. The molecule has 2 nitrogen and oxygen atoms in total. The molecule has 2 aromatic carbocycles. The molecule has 16 heavy (non-hydrogen) atoms. The van der Waals surface area contributed by atoms with Gasteiger partial charge in [-0.05, 0) is 17.9 Å². The van der Waals surface area contributed by atoms with Crippen LogP contribution in [0.15, 0.2) is 42.5 Å². The summed E-state index contributed by atoms with van der Waals surface area (Å²) in [6, 6.07) is 15.3. The molecular weight excluding hydrogens is 198 g/mol. The number of fused-ring (bicyclic) bond motifs is 1. The standard InChI is InChI=1S/C14H15NO/c1-2-6-13-11(4-1)5-3-7-14(13)15-12-8-9-16-10-12/h1-7,12,15H,8-10H2.